The molecule has 120 valence electrons. The van der Waals surface area contributed by atoms with Crippen LogP contribution in [0.4, 0.5) is 0 Å². The van der Waals surface area contributed by atoms with Gasteiger partial charge in [0.15, 0.2) is 12.6 Å². The van der Waals surface area contributed by atoms with Crippen LogP contribution in [0.1, 0.15) is 0 Å². The van der Waals surface area contributed by atoms with Crippen molar-refractivity contribution in [1.29, 1.82) is 0 Å². The summed E-state index contributed by atoms with van der Waals surface area (Å²) in [5, 5.41) is 12.0. The predicted molar refractivity (Wildman–Crippen MR) is 82.5 cm³/mol. The van der Waals surface area contributed by atoms with Crippen LogP contribution in [0.5, 0.6) is 5.75 Å². The summed E-state index contributed by atoms with van der Waals surface area (Å²) in [4.78, 5) is 22.7. The Morgan fingerprint density at radius 2 is 1.95 bits per heavy atom. The average Bonchev–Trinajstić information content (AvgIpc) is 2.43. The van der Waals surface area contributed by atoms with E-state index in [1.807, 2.05) is 0 Å². The molecule has 0 spiro atoms. The summed E-state index contributed by atoms with van der Waals surface area (Å²) < 4.78 is 10.2. The number of halogens is 2. The zero-order valence-electron chi connectivity index (χ0n) is 11.6. The van der Waals surface area contributed by atoms with Crippen LogP contribution in [0.2, 0.25) is 10.0 Å². The van der Waals surface area contributed by atoms with Crippen molar-refractivity contribution in [2.75, 3.05) is 19.8 Å². The van der Waals surface area contributed by atoms with Gasteiger partial charge in [-0.15, -0.1) is 6.58 Å². The van der Waals surface area contributed by atoms with E-state index in [2.05, 4.69) is 11.9 Å². The second-order valence-corrected chi connectivity index (χ2v) is 5.05. The molecule has 2 N–H and O–H groups in total. The molecular weight excluding hydrogens is 333 g/mol. The summed E-state index contributed by atoms with van der Waals surface area (Å²) >= 11 is 11.6. The number of carboxylic acids is 1. The number of carbonyl (C=O) groups excluding carboxylic acids is 1. The monoisotopic (exact) mass is 347 g/mol. The van der Waals surface area contributed by atoms with Crippen LogP contribution in [-0.4, -0.2) is 42.8 Å². The molecule has 0 bridgehead atoms. The van der Waals surface area contributed by atoms with Gasteiger partial charge in [0.25, 0.3) is 5.91 Å². The molecule has 1 amide bonds. The molecule has 22 heavy (non-hydrogen) atoms. The predicted octanol–water partition coefficient (Wildman–Crippen LogP) is 2.14. The van der Waals surface area contributed by atoms with E-state index in [0.717, 1.165) is 0 Å². The van der Waals surface area contributed by atoms with Gasteiger partial charge in [0, 0.05) is 10.0 Å². The maximum absolute atomic E-state index is 11.7. The molecule has 0 aromatic heterocycles. The van der Waals surface area contributed by atoms with Crippen LogP contribution in [0.25, 0.3) is 0 Å². The fourth-order valence-electron chi connectivity index (χ4n) is 1.44. The Labute approximate surface area is 137 Å². The van der Waals surface area contributed by atoms with Gasteiger partial charge in [-0.3, -0.25) is 4.79 Å². The van der Waals surface area contributed by atoms with Gasteiger partial charge in [0.1, 0.15) is 5.75 Å². The van der Waals surface area contributed by atoms with Crippen LogP contribution in [0.15, 0.2) is 30.9 Å². The number of nitrogens with one attached hydrogen (secondary N) is 1. The summed E-state index contributed by atoms with van der Waals surface area (Å²) in [6, 6.07) is 3.33. The number of benzene rings is 1. The number of amides is 1. The molecule has 6 nitrogen and oxygen atoms in total. The number of carboxylic acid groups (broad SMARTS) is 1. The van der Waals surface area contributed by atoms with E-state index in [-0.39, 0.29) is 19.8 Å². The van der Waals surface area contributed by atoms with Gasteiger partial charge < -0.3 is 19.9 Å². The third-order valence-corrected chi connectivity index (χ3v) is 2.80. The van der Waals surface area contributed by atoms with Gasteiger partial charge in [-0.1, -0.05) is 29.3 Å². The molecule has 0 fully saturated rings. The molecule has 0 radical (unpaired) electrons. The Balaban J connectivity index is 2.49. The summed E-state index contributed by atoms with van der Waals surface area (Å²) in [6.07, 6.45) is 1.48. The minimum Gasteiger partial charge on any atom is -0.484 e. The van der Waals surface area contributed by atoms with Crippen LogP contribution >= 0.6 is 23.2 Å². The summed E-state index contributed by atoms with van der Waals surface area (Å²) in [5.74, 6) is -1.50. The lowest BCUT2D eigenvalue weighted by molar-refractivity contribution is -0.143. The lowest BCUT2D eigenvalue weighted by atomic mass is 10.3. The quantitative estimate of drug-likeness (QED) is 0.528. The molecule has 1 atom stereocenters. The first-order valence-electron chi connectivity index (χ1n) is 6.22. The molecule has 0 aliphatic carbocycles. The SMILES string of the molecule is C=CCOCC(NC(=O)COc1cc(Cl)cc(Cl)c1)C(=O)O. The molecule has 1 aromatic carbocycles. The van der Waals surface area contributed by atoms with Crippen molar-refractivity contribution < 1.29 is 24.2 Å². The number of carbonyl (C=O) groups is 2. The highest BCUT2D eigenvalue weighted by Gasteiger charge is 2.20. The first-order chi connectivity index (χ1) is 10.4. The van der Waals surface area contributed by atoms with Crippen molar-refractivity contribution in [1.82, 2.24) is 5.32 Å². The Kier molecular flexibility index (Phi) is 7.73. The fourth-order valence-corrected chi connectivity index (χ4v) is 1.95. The molecule has 0 aliphatic heterocycles. The van der Waals surface area contributed by atoms with Crippen LogP contribution < -0.4 is 10.1 Å². The van der Waals surface area contributed by atoms with Crippen molar-refractivity contribution in [3.05, 3.63) is 40.9 Å². The second-order valence-electron chi connectivity index (χ2n) is 4.18. The number of hydrogen-bond donors (Lipinski definition) is 2. The fraction of sp³-hybridized carbons (Fsp3) is 0.286. The first-order valence-corrected chi connectivity index (χ1v) is 6.97. The molecule has 0 saturated heterocycles. The minimum absolute atomic E-state index is 0.171. The highest BCUT2D eigenvalue weighted by atomic mass is 35.5. The van der Waals surface area contributed by atoms with Crippen molar-refractivity contribution in [3.63, 3.8) is 0 Å². The molecule has 0 saturated carbocycles. The first kappa shape index (κ1) is 18.3. The topological polar surface area (TPSA) is 84.9 Å². The van der Waals surface area contributed by atoms with E-state index in [1.165, 1.54) is 24.3 Å². The molecule has 1 aromatic rings. The molecule has 0 heterocycles. The number of hydrogen-bond acceptors (Lipinski definition) is 4. The van der Waals surface area contributed by atoms with E-state index in [9.17, 15) is 9.59 Å². The third-order valence-electron chi connectivity index (χ3n) is 2.36. The van der Waals surface area contributed by atoms with Gasteiger partial charge in [-0.2, -0.15) is 0 Å². The number of aliphatic carboxylic acids is 1. The van der Waals surface area contributed by atoms with Crippen LogP contribution in [0, 0.1) is 0 Å². The highest BCUT2D eigenvalue weighted by molar-refractivity contribution is 6.34. The largest absolute Gasteiger partial charge is 0.484 e. The van der Waals surface area contributed by atoms with Gasteiger partial charge in [-0.05, 0) is 18.2 Å². The van der Waals surface area contributed by atoms with E-state index >= 15 is 0 Å². The highest BCUT2D eigenvalue weighted by Crippen LogP contribution is 2.23. The smallest absolute Gasteiger partial charge is 0.328 e. The van der Waals surface area contributed by atoms with Gasteiger partial charge >= 0.3 is 5.97 Å². The van der Waals surface area contributed by atoms with Crippen molar-refractivity contribution in [3.8, 4) is 5.75 Å². The van der Waals surface area contributed by atoms with Crippen molar-refractivity contribution in [2.45, 2.75) is 6.04 Å². The van der Waals surface area contributed by atoms with Gasteiger partial charge in [0.2, 0.25) is 0 Å². The number of ether oxygens (including phenoxy) is 2. The molecular formula is C14H15Cl2NO5. The minimum atomic E-state index is -1.21. The molecule has 8 heteroatoms. The van der Waals surface area contributed by atoms with E-state index < -0.39 is 17.9 Å². The van der Waals surface area contributed by atoms with Crippen molar-refractivity contribution >= 4 is 35.1 Å². The average molecular weight is 348 g/mol. The third kappa shape index (κ3) is 6.80. The van der Waals surface area contributed by atoms with Gasteiger partial charge in [0.05, 0.1) is 13.2 Å². The van der Waals surface area contributed by atoms with E-state index in [4.69, 9.17) is 37.8 Å². The lowest BCUT2D eigenvalue weighted by Crippen LogP contribution is -2.45. The molecule has 0 aliphatic rings. The van der Waals surface area contributed by atoms with Gasteiger partial charge in [-0.25, -0.2) is 4.79 Å². The summed E-state index contributed by atoms with van der Waals surface area (Å²) in [7, 11) is 0. The van der Waals surface area contributed by atoms with Crippen molar-refractivity contribution in [2.24, 2.45) is 0 Å². The summed E-state index contributed by atoms with van der Waals surface area (Å²) in [6.45, 7) is 3.09. The summed E-state index contributed by atoms with van der Waals surface area (Å²) in [5.41, 5.74) is 0. The zero-order valence-corrected chi connectivity index (χ0v) is 13.1. The Morgan fingerprint density at radius 1 is 1.32 bits per heavy atom. The maximum Gasteiger partial charge on any atom is 0.328 e. The Morgan fingerprint density at radius 3 is 2.50 bits per heavy atom. The Hall–Kier alpha value is -1.76. The van der Waals surface area contributed by atoms with Crippen LogP contribution in [-0.2, 0) is 14.3 Å². The Bertz CT molecular complexity index is 530. The second kappa shape index (κ2) is 9.30. The molecule has 1 rings (SSSR count). The maximum atomic E-state index is 11.7. The lowest BCUT2D eigenvalue weighted by Gasteiger charge is -2.14. The zero-order chi connectivity index (χ0) is 16.5. The normalized spacial score (nSPS) is 11.5. The number of rotatable bonds is 9. The molecule has 1 unspecified atom stereocenters. The van der Waals surface area contributed by atoms with Crippen LogP contribution in [0.3, 0.4) is 0 Å². The van der Waals surface area contributed by atoms with E-state index in [1.54, 1.807) is 0 Å². The van der Waals surface area contributed by atoms with E-state index in [0.29, 0.717) is 15.8 Å². The standard InChI is InChI=1S/C14H15Cl2NO5/c1-2-3-21-7-12(14(19)20)17-13(18)8-22-11-5-9(15)4-10(16)6-11/h2,4-6,12H,1,3,7-8H2,(H,17,18)(H,19,20).